The molecule has 0 atom stereocenters. The van der Waals surface area contributed by atoms with E-state index in [0.29, 0.717) is 6.54 Å². The van der Waals surface area contributed by atoms with Crippen molar-refractivity contribution in [2.45, 2.75) is 19.9 Å². The van der Waals surface area contributed by atoms with E-state index in [-0.39, 0.29) is 29.9 Å². The summed E-state index contributed by atoms with van der Waals surface area (Å²) in [6.07, 6.45) is 0.836. The molecule has 0 aromatic heterocycles. The number of aliphatic imine (C=N–C) groups is 1. The van der Waals surface area contributed by atoms with Crippen LogP contribution in [0.3, 0.4) is 0 Å². The van der Waals surface area contributed by atoms with E-state index in [1.807, 2.05) is 42.5 Å². The van der Waals surface area contributed by atoms with Gasteiger partial charge in [-0.15, -0.1) is 24.0 Å². The van der Waals surface area contributed by atoms with Gasteiger partial charge >= 0.3 is 0 Å². The molecule has 0 aliphatic carbocycles. The zero-order valence-corrected chi connectivity index (χ0v) is 18.2. The molecule has 0 bridgehead atoms. The van der Waals surface area contributed by atoms with Crippen molar-refractivity contribution in [2.24, 2.45) is 4.99 Å². The topological polar surface area (TPSA) is 74.8 Å². The number of hydrogen-bond donors (Lipinski definition) is 3. The van der Waals surface area contributed by atoms with Gasteiger partial charge in [-0.3, -0.25) is 9.79 Å². The van der Waals surface area contributed by atoms with Crippen LogP contribution in [-0.2, 0) is 17.8 Å². The molecular formula is C20H27IN4O2. The van der Waals surface area contributed by atoms with Gasteiger partial charge in [-0.25, -0.2) is 0 Å². The summed E-state index contributed by atoms with van der Waals surface area (Å²) in [5, 5.41) is 9.36. The molecule has 6 nitrogen and oxygen atoms in total. The molecule has 2 rings (SSSR count). The zero-order chi connectivity index (χ0) is 18.8. The van der Waals surface area contributed by atoms with Crippen LogP contribution in [0.2, 0.25) is 0 Å². The second kappa shape index (κ2) is 12.2. The van der Waals surface area contributed by atoms with E-state index in [0.717, 1.165) is 41.5 Å². The van der Waals surface area contributed by atoms with Crippen molar-refractivity contribution in [1.82, 2.24) is 10.6 Å². The third-order valence-electron chi connectivity index (χ3n) is 3.81. The number of ether oxygens (including phenoxy) is 1. The lowest BCUT2D eigenvalue weighted by atomic mass is 10.1. The van der Waals surface area contributed by atoms with Crippen molar-refractivity contribution in [1.29, 1.82) is 0 Å². The maximum Gasteiger partial charge on any atom is 0.221 e. The maximum absolute atomic E-state index is 11.2. The van der Waals surface area contributed by atoms with Gasteiger partial charge in [0, 0.05) is 32.7 Å². The molecule has 7 heteroatoms. The standard InChI is InChI=1S/C20H26N4O2.HI/c1-15(25)24-18-9-6-7-16(13-18)14-23-20(21-2)22-12-11-17-8-4-5-10-19(17)26-3;/h4-10,13H,11-12,14H2,1-3H3,(H,24,25)(H2,21,22,23);1H. The number of nitrogens with zero attached hydrogens (tertiary/aromatic N) is 1. The van der Waals surface area contributed by atoms with Gasteiger partial charge in [0.2, 0.25) is 5.91 Å². The highest BCUT2D eigenvalue weighted by atomic mass is 127. The summed E-state index contributed by atoms with van der Waals surface area (Å²) < 4.78 is 5.37. The fraction of sp³-hybridized carbons (Fsp3) is 0.300. The predicted octanol–water partition coefficient (Wildman–Crippen LogP) is 3.18. The van der Waals surface area contributed by atoms with Gasteiger partial charge in [-0.05, 0) is 35.7 Å². The third-order valence-corrected chi connectivity index (χ3v) is 3.81. The van der Waals surface area contributed by atoms with Crippen LogP contribution in [0.1, 0.15) is 18.1 Å². The number of benzene rings is 2. The van der Waals surface area contributed by atoms with Gasteiger partial charge in [0.05, 0.1) is 7.11 Å². The molecule has 27 heavy (non-hydrogen) atoms. The molecule has 0 heterocycles. The number of anilines is 1. The molecule has 3 N–H and O–H groups in total. The molecule has 1 amide bonds. The van der Waals surface area contributed by atoms with Gasteiger partial charge < -0.3 is 20.7 Å². The van der Waals surface area contributed by atoms with Crippen molar-refractivity contribution in [3.8, 4) is 5.75 Å². The Bertz CT molecular complexity index is 765. The SMILES string of the molecule is CN=C(NCCc1ccccc1OC)NCc1cccc(NC(C)=O)c1.I. The van der Waals surface area contributed by atoms with Crippen molar-refractivity contribution in [3.63, 3.8) is 0 Å². The van der Waals surface area contributed by atoms with E-state index in [1.54, 1.807) is 14.2 Å². The molecule has 0 saturated carbocycles. The van der Waals surface area contributed by atoms with Crippen LogP contribution in [0.15, 0.2) is 53.5 Å². The fourth-order valence-electron chi connectivity index (χ4n) is 2.59. The molecule has 0 aliphatic rings. The van der Waals surface area contributed by atoms with Crippen LogP contribution in [-0.4, -0.2) is 32.6 Å². The van der Waals surface area contributed by atoms with Gasteiger partial charge in [-0.2, -0.15) is 0 Å². The quantitative estimate of drug-likeness (QED) is 0.322. The first kappa shape index (κ1) is 22.8. The van der Waals surface area contributed by atoms with Gasteiger partial charge in [-0.1, -0.05) is 30.3 Å². The number of para-hydroxylation sites is 1. The van der Waals surface area contributed by atoms with E-state index < -0.39 is 0 Å². The van der Waals surface area contributed by atoms with E-state index in [9.17, 15) is 4.79 Å². The summed E-state index contributed by atoms with van der Waals surface area (Å²) >= 11 is 0. The van der Waals surface area contributed by atoms with Crippen LogP contribution in [0, 0.1) is 0 Å². The van der Waals surface area contributed by atoms with Crippen LogP contribution in [0.5, 0.6) is 5.75 Å². The molecule has 2 aromatic carbocycles. The van der Waals surface area contributed by atoms with Crippen molar-refractivity contribution < 1.29 is 9.53 Å². The average molecular weight is 482 g/mol. The Morgan fingerprint density at radius 2 is 1.89 bits per heavy atom. The highest BCUT2D eigenvalue weighted by Crippen LogP contribution is 2.17. The number of guanidine groups is 1. The normalized spacial score (nSPS) is 10.6. The number of methoxy groups -OCH3 is 1. The number of amides is 1. The molecule has 0 radical (unpaired) electrons. The minimum atomic E-state index is -0.0797. The predicted molar refractivity (Wildman–Crippen MR) is 121 cm³/mol. The number of nitrogens with one attached hydrogen (secondary N) is 3. The van der Waals surface area contributed by atoms with Crippen molar-refractivity contribution >= 4 is 41.5 Å². The van der Waals surface area contributed by atoms with E-state index in [1.165, 1.54) is 6.92 Å². The Hall–Kier alpha value is -2.29. The molecule has 0 aliphatic heterocycles. The summed E-state index contributed by atoms with van der Waals surface area (Å²) in [6.45, 7) is 2.85. The smallest absolute Gasteiger partial charge is 0.221 e. The minimum Gasteiger partial charge on any atom is -0.496 e. The molecule has 146 valence electrons. The second-order valence-corrected chi connectivity index (χ2v) is 5.80. The number of rotatable bonds is 7. The Labute approximate surface area is 177 Å². The first-order valence-corrected chi connectivity index (χ1v) is 8.55. The number of hydrogen-bond acceptors (Lipinski definition) is 3. The largest absolute Gasteiger partial charge is 0.496 e. The van der Waals surface area contributed by atoms with Crippen molar-refractivity contribution in [3.05, 3.63) is 59.7 Å². The molecule has 0 saturated heterocycles. The summed E-state index contributed by atoms with van der Waals surface area (Å²) in [6, 6.07) is 15.7. The van der Waals surface area contributed by atoms with Crippen LogP contribution in [0.4, 0.5) is 5.69 Å². The molecule has 0 unspecified atom stereocenters. The lowest BCUT2D eigenvalue weighted by Crippen LogP contribution is -2.37. The summed E-state index contributed by atoms with van der Waals surface area (Å²) in [5.74, 6) is 1.54. The van der Waals surface area contributed by atoms with E-state index >= 15 is 0 Å². The first-order valence-electron chi connectivity index (χ1n) is 8.55. The van der Waals surface area contributed by atoms with Gasteiger partial charge in [0.15, 0.2) is 5.96 Å². The minimum absolute atomic E-state index is 0. The first-order chi connectivity index (χ1) is 12.6. The van der Waals surface area contributed by atoms with Gasteiger partial charge in [0.25, 0.3) is 0 Å². The highest BCUT2D eigenvalue weighted by molar-refractivity contribution is 14.0. The zero-order valence-electron chi connectivity index (χ0n) is 15.9. The lowest BCUT2D eigenvalue weighted by molar-refractivity contribution is -0.114. The molecule has 0 spiro atoms. The Balaban J connectivity index is 0.00000364. The Kier molecular flexibility index (Phi) is 10.2. The fourth-order valence-corrected chi connectivity index (χ4v) is 2.59. The number of carbonyl (C=O) groups is 1. The summed E-state index contributed by atoms with van der Waals surface area (Å²) in [7, 11) is 3.42. The monoisotopic (exact) mass is 482 g/mol. The van der Waals surface area contributed by atoms with Gasteiger partial charge in [0.1, 0.15) is 5.75 Å². The second-order valence-electron chi connectivity index (χ2n) is 5.80. The van der Waals surface area contributed by atoms with Crippen LogP contribution < -0.4 is 20.7 Å². The van der Waals surface area contributed by atoms with Crippen LogP contribution >= 0.6 is 24.0 Å². The summed E-state index contributed by atoms with van der Waals surface area (Å²) in [5.41, 5.74) is 3.00. The summed E-state index contributed by atoms with van der Waals surface area (Å²) in [4.78, 5) is 15.4. The van der Waals surface area contributed by atoms with E-state index in [4.69, 9.17) is 4.74 Å². The van der Waals surface area contributed by atoms with Crippen LogP contribution in [0.25, 0.3) is 0 Å². The Morgan fingerprint density at radius 3 is 2.59 bits per heavy atom. The Morgan fingerprint density at radius 1 is 1.11 bits per heavy atom. The molecular weight excluding hydrogens is 455 g/mol. The average Bonchev–Trinajstić information content (AvgIpc) is 2.64. The van der Waals surface area contributed by atoms with E-state index in [2.05, 4.69) is 27.0 Å². The highest BCUT2D eigenvalue weighted by Gasteiger charge is 2.03. The van der Waals surface area contributed by atoms with Crippen molar-refractivity contribution in [2.75, 3.05) is 26.0 Å². The molecule has 2 aromatic rings. The number of carbonyl (C=O) groups excluding carboxylic acids is 1. The number of halogens is 1. The third kappa shape index (κ3) is 7.86. The lowest BCUT2D eigenvalue weighted by Gasteiger charge is -2.13. The molecule has 0 fully saturated rings. The maximum atomic E-state index is 11.2.